The first-order valence-corrected chi connectivity index (χ1v) is 6.04. The first-order valence-electron chi connectivity index (χ1n) is 6.04. The minimum Gasteiger partial charge on any atom is -0.357 e. The third-order valence-corrected chi connectivity index (χ3v) is 3.36. The second-order valence-electron chi connectivity index (χ2n) is 4.72. The number of aromatic amines is 1. The van der Waals surface area contributed by atoms with Gasteiger partial charge in [0.05, 0.1) is 11.4 Å². The first-order chi connectivity index (χ1) is 8.31. The Labute approximate surface area is 100 Å². The Hall–Kier alpha value is -1.62. The molecule has 1 aliphatic rings. The Kier molecular flexibility index (Phi) is 2.68. The van der Waals surface area contributed by atoms with Gasteiger partial charge in [0.2, 0.25) is 0 Å². The zero-order valence-corrected chi connectivity index (χ0v) is 9.98. The van der Waals surface area contributed by atoms with Crippen molar-refractivity contribution < 1.29 is 0 Å². The molecule has 0 spiro atoms. The van der Waals surface area contributed by atoms with Crippen LogP contribution in [0, 0.1) is 0 Å². The minimum absolute atomic E-state index is 0.521. The molecule has 0 saturated heterocycles. The van der Waals surface area contributed by atoms with Crippen LogP contribution < -0.4 is 5.32 Å². The second kappa shape index (κ2) is 4.33. The smallest absolute Gasteiger partial charge is 0.0872 e. The van der Waals surface area contributed by atoms with Crippen LogP contribution in [0.1, 0.15) is 23.4 Å². The molecule has 2 aromatic rings. The lowest BCUT2D eigenvalue weighted by Crippen LogP contribution is -2.34. The Morgan fingerprint density at radius 3 is 3.18 bits per heavy atom. The minimum atomic E-state index is 0.521. The molecule has 2 N–H and O–H groups in total. The van der Waals surface area contributed by atoms with Crippen molar-refractivity contribution >= 4 is 0 Å². The van der Waals surface area contributed by atoms with E-state index in [2.05, 4.69) is 43.8 Å². The molecule has 2 aromatic heterocycles. The third kappa shape index (κ3) is 2.24. The summed E-state index contributed by atoms with van der Waals surface area (Å²) in [5.41, 5.74) is 3.60. The van der Waals surface area contributed by atoms with Gasteiger partial charge < -0.3 is 9.88 Å². The van der Waals surface area contributed by atoms with Crippen LogP contribution >= 0.6 is 0 Å². The maximum atomic E-state index is 4.19. The molecule has 0 bridgehead atoms. The monoisotopic (exact) mass is 231 g/mol. The lowest BCUT2D eigenvalue weighted by Gasteiger charge is -2.21. The molecule has 5 nitrogen and oxygen atoms in total. The van der Waals surface area contributed by atoms with Gasteiger partial charge in [-0.05, 0) is 24.5 Å². The highest BCUT2D eigenvalue weighted by Gasteiger charge is 2.21. The van der Waals surface area contributed by atoms with Gasteiger partial charge in [-0.15, -0.1) is 0 Å². The van der Waals surface area contributed by atoms with Crippen molar-refractivity contribution in [3.05, 3.63) is 35.4 Å². The molecular weight excluding hydrogens is 214 g/mol. The van der Waals surface area contributed by atoms with Gasteiger partial charge in [0.1, 0.15) is 0 Å². The van der Waals surface area contributed by atoms with Crippen molar-refractivity contribution in [3.8, 4) is 0 Å². The molecule has 90 valence electrons. The van der Waals surface area contributed by atoms with Crippen LogP contribution in [0.5, 0.6) is 0 Å². The van der Waals surface area contributed by atoms with E-state index in [1.54, 1.807) is 0 Å². The molecular formula is C12H17N5. The molecule has 2 heterocycles. The zero-order chi connectivity index (χ0) is 11.7. The van der Waals surface area contributed by atoms with Crippen LogP contribution in [0.3, 0.4) is 0 Å². The van der Waals surface area contributed by atoms with Crippen LogP contribution in [-0.2, 0) is 26.4 Å². The van der Waals surface area contributed by atoms with E-state index >= 15 is 0 Å². The van der Waals surface area contributed by atoms with Gasteiger partial charge in [-0.2, -0.15) is 15.4 Å². The lowest BCUT2D eigenvalue weighted by atomic mass is 9.96. The van der Waals surface area contributed by atoms with E-state index < -0.39 is 0 Å². The van der Waals surface area contributed by atoms with E-state index in [4.69, 9.17) is 0 Å². The molecule has 0 radical (unpaired) electrons. The highest BCUT2D eigenvalue weighted by Crippen LogP contribution is 2.17. The van der Waals surface area contributed by atoms with E-state index in [9.17, 15) is 0 Å². The molecule has 1 atom stereocenters. The second-order valence-corrected chi connectivity index (χ2v) is 4.72. The predicted molar refractivity (Wildman–Crippen MR) is 64.4 cm³/mol. The average Bonchev–Trinajstić information content (AvgIpc) is 2.94. The van der Waals surface area contributed by atoms with Gasteiger partial charge in [-0.1, -0.05) is 0 Å². The largest absolute Gasteiger partial charge is 0.357 e. The molecule has 0 aromatic carbocycles. The number of rotatable bonds is 3. The van der Waals surface area contributed by atoms with Gasteiger partial charge in [-0.3, -0.25) is 0 Å². The summed E-state index contributed by atoms with van der Waals surface area (Å²) >= 11 is 0. The standard InChI is InChI=1S/C12H17N5/c1-17-5-4-9(8-17)7-13-10-2-3-11-12(6-10)15-16-14-11/h4-5,8,10,13H,2-3,6-7H2,1H3,(H,14,15,16). The maximum absolute atomic E-state index is 4.19. The highest BCUT2D eigenvalue weighted by atomic mass is 15.3. The summed E-state index contributed by atoms with van der Waals surface area (Å²) in [6, 6.07) is 2.67. The van der Waals surface area contributed by atoms with Crippen molar-refractivity contribution in [3.63, 3.8) is 0 Å². The van der Waals surface area contributed by atoms with Gasteiger partial charge in [0.15, 0.2) is 0 Å². The number of hydrogen-bond donors (Lipinski definition) is 2. The number of nitrogens with one attached hydrogen (secondary N) is 2. The molecule has 0 saturated carbocycles. The molecule has 1 unspecified atom stereocenters. The number of aromatic nitrogens is 4. The summed E-state index contributed by atoms with van der Waals surface area (Å²) in [6.45, 7) is 0.929. The Balaban J connectivity index is 1.57. The summed E-state index contributed by atoms with van der Waals surface area (Å²) < 4.78 is 2.08. The van der Waals surface area contributed by atoms with Crippen LogP contribution in [0.4, 0.5) is 0 Å². The van der Waals surface area contributed by atoms with E-state index in [1.807, 2.05) is 7.05 Å². The highest BCUT2D eigenvalue weighted by molar-refractivity contribution is 5.15. The summed E-state index contributed by atoms with van der Waals surface area (Å²) in [5.74, 6) is 0. The van der Waals surface area contributed by atoms with Crippen molar-refractivity contribution in [2.45, 2.75) is 31.8 Å². The van der Waals surface area contributed by atoms with Crippen LogP contribution in [0.25, 0.3) is 0 Å². The molecule has 3 rings (SSSR count). The average molecular weight is 231 g/mol. The van der Waals surface area contributed by atoms with E-state index in [1.165, 1.54) is 5.56 Å². The van der Waals surface area contributed by atoms with Crippen molar-refractivity contribution in [2.75, 3.05) is 0 Å². The van der Waals surface area contributed by atoms with E-state index in [0.29, 0.717) is 6.04 Å². The van der Waals surface area contributed by atoms with Crippen molar-refractivity contribution in [2.24, 2.45) is 7.05 Å². The van der Waals surface area contributed by atoms with Crippen LogP contribution in [-0.4, -0.2) is 26.0 Å². The number of H-pyrrole nitrogens is 1. The fraction of sp³-hybridized carbons (Fsp3) is 0.500. The van der Waals surface area contributed by atoms with Crippen LogP contribution in [0.2, 0.25) is 0 Å². The summed E-state index contributed by atoms with van der Waals surface area (Å²) in [5, 5.41) is 14.6. The zero-order valence-electron chi connectivity index (χ0n) is 9.98. The summed E-state index contributed by atoms with van der Waals surface area (Å²) in [7, 11) is 2.05. The molecule has 0 fully saturated rings. The normalized spacial score (nSPS) is 19.2. The summed E-state index contributed by atoms with van der Waals surface area (Å²) in [6.07, 6.45) is 7.38. The van der Waals surface area contributed by atoms with E-state index in [-0.39, 0.29) is 0 Å². The molecule has 1 aliphatic carbocycles. The SMILES string of the molecule is Cn1ccc(CNC2CCc3n[nH]nc3C2)c1. The van der Waals surface area contributed by atoms with Crippen LogP contribution in [0.15, 0.2) is 18.5 Å². The van der Waals surface area contributed by atoms with Gasteiger partial charge in [0.25, 0.3) is 0 Å². The fourth-order valence-electron chi connectivity index (χ4n) is 2.39. The molecule has 0 amide bonds. The first kappa shape index (κ1) is 10.5. The Morgan fingerprint density at radius 2 is 2.35 bits per heavy atom. The van der Waals surface area contributed by atoms with E-state index in [0.717, 1.165) is 37.2 Å². The number of nitrogens with zero attached hydrogens (tertiary/aromatic N) is 3. The number of fused-ring (bicyclic) bond motifs is 1. The quantitative estimate of drug-likeness (QED) is 0.821. The number of hydrogen-bond acceptors (Lipinski definition) is 3. The van der Waals surface area contributed by atoms with Gasteiger partial charge in [-0.25, -0.2) is 0 Å². The van der Waals surface area contributed by atoms with Gasteiger partial charge in [0, 0.05) is 38.4 Å². The Morgan fingerprint density at radius 1 is 1.47 bits per heavy atom. The fourth-order valence-corrected chi connectivity index (χ4v) is 2.39. The summed E-state index contributed by atoms with van der Waals surface area (Å²) in [4.78, 5) is 0. The predicted octanol–water partition coefficient (Wildman–Crippen LogP) is 0.790. The maximum Gasteiger partial charge on any atom is 0.0872 e. The topological polar surface area (TPSA) is 58.5 Å². The molecule has 17 heavy (non-hydrogen) atoms. The third-order valence-electron chi connectivity index (χ3n) is 3.36. The van der Waals surface area contributed by atoms with Gasteiger partial charge >= 0.3 is 0 Å². The lowest BCUT2D eigenvalue weighted by molar-refractivity contribution is 0.451. The van der Waals surface area contributed by atoms with Crippen molar-refractivity contribution in [1.29, 1.82) is 0 Å². The van der Waals surface area contributed by atoms with Crippen molar-refractivity contribution in [1.82, 2.24) is 25.3 Å². The molecule has 5 heteroatoms. The number of aryl methyl sites for hydroxylation is 2. The Bertz CT molecular complexity index is 498. The molecule has 0 aliphatic heterocycles.